The van der Waals surface area contributed by atoms with E-state index in [-0.39, 0.29) is 18.9 Å². The first-order valence-electron chi connectivity index (χ1n) is 9.15. The van der Waals surface area contributed by atoms with Gasteiger partial charge in [-0.3, -0.25) is 0 Å². The Morgan fingerprint density at radius 1 is 0.808 bits per heavy atom. The number of rotatable bonds is 4. The zero-order valence-electron chi connectivity index (χ0n) is 14.4. The fraction of sp³-hybridized carbons (Fsp3) is 0.684. The average molecular weight is 378 g/mol. The van der Waals surface area contributed by atoms with Gasteiger partial charge in [-0.25, -0.2) is 13.2 Å². The highest BCUT2D eigenvalue weighted by atomic mass is 19.3. The molecule has 1 aromatic rings. The lowest BCUT2D eigenvalue weighted by atomic mass is 9.70. The number of aliphatic hydroxyl groups is 1. The SMILES string of the molecule is OC1CCC(C2CCC(C(F)(F)Oc3cc(F)c(F)c(F)c3)CC2)CC1. The summed E-state index contributed by atoms with van der Waals surface area (Å²) in [6.45, 7) is 0. The van der Waals surface area contributed by atoms with Crippen molar-refractivity contribution in [3.05, 3.63) is 29.6 Å². The van der Waals surface area contributed by atoms with Crippen molar-refractivity contribution in [2.45, 2.75) is 63.6 Å². The summed E-state index contributed by atoms with van der Waals surface area (Å²) in [6, 6.07) is 0.872. The number of benzene rings is 1. The molecule has 0 saturated heterocycles. The number of aliphatic hydroxyl groups excluding tert-OH is 1. The van der Waals surface area contributed by atoms with Crippen LogP contribution in [0.1, 0.15) is 51.4 Å². The van der Waals surface area contributed by atoms with Gasteiger partial charge in [0.05, 0.1) is 12.0 Å². The zero-order chi connectivity index (χ0) is 18.9. The third-order valence-corrected chi connectivity index (χ3v) is 5.87. The molecule has 1 aromatic carbocycles. The topological polar surface area (TPSA) is 29.5 Å². The predicted molar refractivity (Wildman–Crippen MR) is 85.3 cm³/mol. The molecule has 2 aliphatic carbocycles. The summed E-state index contributed by atoms with van der Waals surface area (Å²) >= 11 is 0. The average Bonchev–Trinajstić information content (AvgIpc) is 2.60. The Hall–Kier alpha value is -1.37. The molecule has 3 rings (SSSR count). The van der Waals surface area contributed by atoms with E-state index in [1.807, 2.05) is 0 Å². The van der Waals surface area contributed by atoms with E-state index < -0.39 is 35.2 Å². The fourth-order valence-corrected chi connectivity index (χ4v) is 4.33. The molecule has 0 heterocycles. The van der Waals surface area contributed by atoms with E-state index in [0.717, 1.165) is 25.7 Å². The van der Waals surface area contributed by atoms with Crippen LogP contribution >= 0.6 is 0 Å². The van der Waals surface area contributed by atoms with Crippen molar-refractivity contribution in [2.75, 3.05) is 0 Å². The molecule has 2 saturated carbocycles. The Morgan fingerprint density at radius 2 is 1.27 bits per heavy atom. The third-order valence-electron chi connectivity index (χ3n) is 5.87. The molecule has 0 bridgehead atoms. The lowest BCUT2D eigenvalue weighted by Crippen LogP contribution is -2.38. The molecule has 2 nitrogen and oxygen atoms in total. The second-order valence-electron chi connectivity index (χ2n) is 7.55. The molecule has 146 valence electrons. The standard InChI is InChI=1S/C19H23F5O2/c20-16-9-15(10-17(21)18(16)22)26-19(23,24)13-5-1-11(2-6-13)12-3-7-14(25)8-4-12/h9-14,25H,1-8H2. The summed E-state index contributed by atoms with van der Waals surface area (Å²) in [4.78, 5) is 0. The smallest absolute Gasteiger partial charge is 0.400 e. The first-order valence-corrected chi connectivity index (χ1v) is 9.15. The Kier molecular flexibility index (Phi) is 5.75. The maximum Gasteiger partial charge on any atom is 0.400 e. The lowest BCUT2D eigenvalue weighted by molar-refractivity contribution is -0.224. The highest BCUT2D eigenvalue weighted by molar-refractivity contribution is 5.25. The van der Waals surface area contributed by atoms with Crippen molar-refractivity contribution < 1.29 is 31.8 Å². The van der Waals surface area contributed by atoms with Crippen LogP contribution in [0.3, 0.4) is 0 Å². The summed E-state index contributed by atoms with van der Waals surface area (Å²) in [7, 11) is 0. The molecule has 7 heteroatoms. The van der Waals surface area contributed by atoms with E-state index >= 15 is 0 Å². The van der Waals surface area contributed by atoms with E-state index in [1.165, 1.54) is 0 Å². The van der Waals surface area contributed by atoms with Crippen molar-refractivity contribution in [1.82, 2.24) is 0 Å². The van der Waals surface area contributed by atoms with Crippen molar-refractivity contribution >= 4 is 0 Å². The van der Waals surface area contributed by atoms with Gasteiger partial charge in [0.15, 0.2) is 17.5 Å². The van der Waals surface area contributed by atoms with Gasteiger partial charge in [0, 0.05) is 12.1 Å². The van der Waals surface area contributed by atoms with Crippen LogP contribution in [0.25, 0.3) is 0 Å². The molecule has 0 unspecified atom stereocenters. The van der Waals surface area contributed by atoms with Gasteiger partial charge in [0.25, 0.3) is 0 Å². The largest absolute Gasteiger partial charge is 0.432 e. The first-order chi connectivity index (χ1) is 12.3. The number of alkyl halides is 2. The molecule has 0 spiro atoms. The molecule has 2 aliphatic rings. The minimum atomic E-state index is -3.57. The van der Waals surface area contributed by atoms with Crippen LogP contribution < -0.4 is 4.74 Å². The highest BCUT2D eigenvalue weighted by Crippen LogP contribution is 2.44. The van der Waals surface area contributed by atoms with Crippen LogP contribution in [0.2, 0.25) is 0 Å². The molecule has 0 atom stereocenters. The van der Waals surface area contributed by atoms with Crippen LogP contribution in [0.15, 0.2) is 12.1 Å². The monoisotopic (exact) mass is 378 g/mol. The van der Waals surface area contributed by atoms with Crippen LogP contribution in [0.4, 0.5) is 22.0 Å². The van der Waals surface area contributed by atoms with E-state index in [1.54, 1.807) is 0 Å². The maximum atomic E-state index is 14.4. The molecule has 0 radical (unpaired) electrons. The summed E-state index contributed by atoms with van der Waals surface area (Å²) in [6.07, 6.45) is 1.42. The summed E-state index contributed by atoms with van der Waals surface area (Å²) in [5, 5.41) is 9.58. The van der Waals surface area contributed by atoms with E-state index in [0.29, 0.717) is 36.8 Å². The first kappa shape index (κ1) is 19.4. The zero-order valence-corrected chi connectivity index (χ0v) is 14.4. The molecular formula is C19H23F5O2. The summed E-state index contributed by atoms with van der Waals surface area (Å²) in [5.74, 6) is -5.74. The van der Waals surface area contributed by atoms with Gasteiger partial charge in [-0.05, 0) is 63.2 Å². The fourth-order valence-electron chi connectivity index (χ4n) is 4.33. The molecular weight excluding hydrogens is 355 g/mol. The van der Waals surface area contributed by atoms with Crippen molar-refractivity contribution in [1.29, 1.82) is 0 Å². The quantitative estimate of drug-likeness (QED) is 0.559. The Labute approximate surface area is 149 Å². The number of hydrogen-bond acceptors (Lipinski definition) is 2. The van der Waals surface area contributed by atoms with Crippen LogP contribution in [-0.4, -0.2) is 17.3 Å². The minimum Gasteiger partial charge on any atom is -0.432 e. The Balaban J connectivity index is 1.57. The van der Waals surface area contributed by atoms with E-state index in [9.17, 15) is 27.1 Å². The Bertz CT molecular complexity index is 597. The Morgan fingerprint density at radius 3 is 1.77 bits per heavy atom. The second-order valence-corrected chi connectivity index (χ2v) is 7.55. The summed E-state index contributed by atoms with van der Waals surface area (Å²) < 4.78 is 72.6. The van der Waals surface area contributed by atoms with Gasteiger partial charge < -0.3 is 9.84 Å². The van der Waals surface area contributed by atoms with Gasteiger partial charge in [0.1, 0.15) is 5.75 Å². The van der Waals surface area contributed by atoms with Crippen LogP contribution in [0.5, 0.6) is 5.75 Å². The van der Waals surface area contributed by atoms with Gasteiger partial charge in [-0.1, -0.05) is 0 Å². The number of ether oxygens (including phenoxy) is 1. The maximum absolute atomic E-state index is 14.4. The van der Waals surface area contributed by atoms with Crippen molar-refractivity contribution in [3.63, 3.8) is 0 Å². The molecule has 2 fully saturated rings. The summed E-state index contributed by atoms with van der Waals surface area (Å²) in [5.41, 5.74) is 0. The predicted octanol–water partition coefficient (Wildman–Crippen LogP) is 5.43. The lowest BCUT2D eigenvalue weighted by Gasteiger charge is -2.38. The molecule has 1 N–H and O–H groups in total. The highest BCUT2D eigenvalue weighted by Gasteiger charge is 2.45. The number of hydrogen-bond donors (Lipinski definition) is 1. The van der Waals surface area contributed by atoms with Crippen LogP contribution in [-0.2, 0) is 0 Å². The minimum absolute atomic E-state index is 0.239. The van der Waals surface area contributed by atoms with Crippen molar-refractivity contribution in [2.24, 2.45) is 17.8 Å². The van der Waals surface area contributed by atoms with Gasteiger partial charge in [-0.2, -0.15) is 8.78 Å². The molecule has 0 amide bonds. The van der Waals surface area contributed by atoms with Crippen molar-refractivity contribution in [3.8, 4) is 5.75 Å². The molecule has 0 aromatic heterocycles. The van der Waals surface area contributed by atoms with Crippen LogP contribution in [0, 0.1) is 35.2 Å². The van der Waals surface area contributed by atoms with E-state index in [2.05, 4.69) is 4.74 Å². The number of halogens is 5. The van der Waals surface area contributed by atoms with Gasteiger partial charge in [-0.15, -0.1) is 0 Å². The third kappa shape index (κ3) is 4.30. The van der Waals surface area contributed by atoms with Gasteiger partial charge >= 0.3 is 6.11 Å². The van der Waals surface area contributed by atoms with Gasteiger partial charge in [0.2, 0.25) is 0 Å². The molecule has 0 aliphatic heterocycles. The van der Waals surface area contributed by atoms with E-state index in [4.69, 9.17) is 0 Å². The molecule has 26 heavy (non-hydrogen) atoms. The second kappa shape index (κ2) is 7.71. The normalized spacial score (nSPS) is 30.2.